The van der Waals surface area contributed by atoms with Crippen LogP contribution < -0.4 is 9.64 Å². The molecule has 0 saturated carbocycles. The van der Waals surface area contributed by atoms with Crippen LogP contribution in [-0.2, 0) is 11.3 Å². The molecule has 0 N–H and O–H groups in total. The van der Waals surface area contributed by atoms with E-state index in [1.54, 1.807) is 11.0 Å². The number of piperidine rings is 1. The summed E-state index contributed by atoms with van der Waals surface area (Å²) in [4.78, 5) is 19.6. The van der Waals surface area contributed by atoms with Crippen LogP contribution in [0.3, 0.4) is 0 Å². The first-order valence-electron chi connectivity index (χ1n) is 9.92. The summed E-state index contributed by atoms with van der Waals surface area (Å²) in [6, 6.07) is 15.6. The lowest BCUT2D eigenvalue weighted by molar-refractivity contribution is -0.274. The Balaban J connectivity index is 1.59. The normalized spacial score (nSPS) is 19.5. The zero-order valence-electron chi connectivity index (χ0n) is 16.7. The summed E-state index contributed by atoms with van der Waals surface area (Å²) >= 11 is 0. The predicted octanol–water partition coefficient (Wildman–Crippen LogP) is 3.86. The standard InChI is InChI=1S/C22H24F3N3O2/c1-26-12-10-21(11-13-26)20(29)27(16-28(21)18-7-3-2-4-8-18)15-17-6-5-9-19(14-17)30-22(23,24)25/h2-9,14H,10-13,15-16H2,1H3. The van der Waals surface area contributed by atoms with Crippen LogP contribution in [0.1, 0.15) is 18.4 Å². The van der Waals surface area contributed by atoms with Gasteiger partial charge < -0.3 is 19.4 Å². The highest BCUT2D eigenvalue weighted by atomic mass is 19.4. The number of carbonyl (C=O) groups excluding carboxylic acids is 1. The number of carbonyl (C=O) groups is 1. The fourth-order valence-corrected chi connectivity index (χ4v) is 4.37. The summed E-state index contributed by atoms with van der Waals surface area (Å²) < 4.78 is 41.7. The number of halogens is 3. The number of ether oxygens (including phenoxy) is 1. The van der Waals surface area contributed by atoms with Crippen molar-refractivity contribution in [1.82, 2.24) is 9.80 Å². The number of amides is 1. The molecule has 0 radical (unpaired) electrons. The van der Waals surface area contributed by atoms with E-state index >= 15 is 0 Å². The van der Waals surface area contributed by atoms with Gasteiger partial charge in [0.25, 0.3) is 0 Å². The average Bonchev–Trinajstić information content (AvgIpc) is 2.96. The van der Waals surface area contributed by atoms with Crippen LogP contribution in [0, 0.1) is 0 Å². The number of rotatable bonds is 4. The van der Waals surface area contributed by atoms with E-state index in [-0.39, 0.29) is 18.2 Å². The van der Waals surface area contributed by atoms with E-state index in [1.807, 2.05) is 37.4 Å². The van der Waals surface area contributed by atoms with Crippen molar-refractivity contribution >= 4 is 11.6 Å². The second-order valence-electron chi connectivity index (χ2n) is 7.94. The highest BCUT2D eigenvalue weighted by molar-refractivity contribution is 5.93. The second-order valence-corrected chi connectivity index (χ2v) is 7.94. The van der Waals surface area contributed by atoms with Crippen LogP contribution in [-0.4, -0.2) is 54.4 Å². The van der Waals surface area contributed by atoms with Crippen LogP contribution in [0.25, 0.3) is 0 Å². The Hall–Kier alpha value is -2.74. The maximum absolute atomic E-state index is 13.5. The van der Waals surface area contributed by atoms with Crippen LogP contribution in [0.2, 0.25) is 0 Å². The molecule has 1 amide bonds. The molecule has 1 spiro atoms. The van der Waals surface area contributed by atoms with Crippen molar-refractivity contribution in [3.05, 3.63) is 60.2 Å². The Labute approximate surface area is 173 Å². The van der Waals surface area contributed by atoms with Crippen molar-refractivity contribution in [2.45, 2.75) is 31.3 Å². The highest BCUT2D eigenvalue weighted by Gasteiger charge is 2.53. The van der Waals surface area contributed by atoms with E-state index < -0.39 is 11.9 Å². The molecular weight excluding hydrogens is 395 g/mol. The number of anilines is 1. The number of nitrogens with zero attached hydrogens (tertiary/aromatic N) is 3. The summed E-state index contributed by atoms with van der Waals surface area (Å²) in [6.45, 7) is 2.27. The molecule has 0 aliphatic carbocycles. The first-order valence-corrected chi connectivity index (χ1v) is 9.92. The highest BCUT2D eigenvalue weighted by Crippen LogP contribution is 2.40. The van der Waals surface area contributed by atoms with Gasteiger partial charge in [0.1, 0.15) is 11.3 Å². The molecule has 2 aliphatic rings. The van der Waals surface area contributed by atoms with Crippen molar-refractivity contribution in [2.75, 3.05) is 31.7 Å². The van der Waals surface area contributed by atoms with Crippen LogP contribution in [0.15, 0.2) is 54.6 Å². The maximum atomic E-state index is 13.5. The van der Waals surface area contributed by atoms with Crippen LogP contribution >= 0.6 is 0 Å². The summed E-state index contributed by atoms with van der Waals surface area (Å²) in [5.74, 6) is -0.248. The van der Waals surface area contributed by atoms with Gasteiger partial charge in [-0.25, -0.2) is 0 Å². The quantitative estimate of drug-likeness (QED) is 0.754. The first kappa shape index (κ1) is 20.5. The van der Waals surface area contributed by atoms with Crippen molar-refractivity contribution in [2.24, 2.45) is 0 Å². The minimum atomic E-state index is -4.75. The first-order chi connectivity index (χ1) is 14.3. The molecule has 2 aromatic carbocycles. The van der Waals surface area contributed by atoms with Gasteiger partial charge in [-0.15, -0.1) is 13.2 Å². The van der Waals surface area contributed by atoms with E-state index in [0.29, 0.717) is 25.1 Å². The van der Waals surface area contributed by atoms with E-state index in [1.165, 1.54) is 18.2 Å². The molecule has 0 aromatic heterocycles. The second kappa shape index (κ2) is 7.83. The molecule has 2 aliphatic heterocycles. The monoisotopic (exact) mass is 419 g/mol. The van der Waals surface area contributed by atoms with Crippen molar-refractivity contribution in [3.63, 3.8) is 0 Å². The molecule has 0 unspecified atom stereocenters. The minimum absolute atomic E-state index is 0.0293. The van der Waals surface area contributed by atoms with Gasteiger partial charge >= 0.3 is 6.36 Å². The fourth-order valence-electron chi connectivity index (χ4n) is 4.37. The van der Waals surface area contributed by atoms with Gasteiger partial charge in [-0.05, 0) is 49.7 Å². The fraction of sp³-hybridized carbons (Fsp3) is 0.409. The summed E-state index contributed by atoms with van der Waals surface area (Å²) in [7, 11) is 2.04. The summed E-state index contributed by atoms with van der Waals surface area (Å²) in [5, 5.41) is 0. The molecule has 8 heteroatoms. The maximum Gasteiger partial charge on any atom is 0.573 e. The summed E-state index contributed by atoms with van der Waals surface area (Å²) in [5.41, 5.74) is 0.962. The minimum Gasteiger partial charge on any atom is -0.406 e. The molecule has 30 heavy (non-hydrogen) atoms. The predicted molar refractivity (Wildman–Crippen MR) is 107 cm³/mol. The molecule has 2 saturated heterocycles. The van der Waals surface area contributed by atoms with Gasteiger partial charge in [0, 0.05) is 25.3 Å². The molecule has 2 aromatic rings. The van der Waals surface area contributed by atoms with Gasteiger partial charge in [-0.3, -0.25) is 4.79 Å². The topological polar surface area (TPSA) is 36.0 Å². The number of likely N-dealkylation sites (tertiary alicyclic amines) is 1. The van der Waals surface area contributed by atoms with E-state index in [9.17, 15) is 18.0 Å². The summed E-state index contributed by atoms with van der Waals surface area (Å²) in [6.07, 6.45) is -3.32. The van der Waals surface area contributed by atoms with Crippen LogP contribution in [0.4, 0.5) is 18.9 Å². The molecule has 5 nitrogen and oxygen atoms in total. The zero-order valence-corrected chi connectivity index (χ0v) is 16.7. The lowest BCUT2D eigenvalue weighted by atomic mass is 9.85. The Bertz CT molecular complexity index is 896. The number of hydrogen-bond donors (Lipinski definition) is 0. The Morgan fingerprint density at radius 3 is 2.40 bits per heavy atom. The van der Waals surface area contributed by atoms with Crippen molar-refractivity contribution < 1.29 is 22.7 Å². The number of hydrogen-bond acceptors (Lipinski definition) is 4. The Kier molecular flexibility index (Phi) is 5.36. The van der Waals surface area contributed by atoms with Crippen molar-refractivity contribution in [1.29, 1.82) is 0 Å². The molecule has 2 heterocycles. The Morgan fingerprint density at radius 1 is 1.03 bits per heavy atom. The Morgan fingerprint density at radius 2 is 1.73 bits per heavy atom. The zero-order chi connectivity index (χ0) is 21.4. The third-order valence-corrected chi connectivity index (χ3v) is 5.90. The van der Waals surface area contributed by atoms with Crippen molar-refractivity contribution in [3.8, 4) is 5.75 Å². The molecule has 4 rings (SSSR count). The molecule has 0 bridgehead atoms. The van der Waals surface area contributed by atoms with Gasteiger partial charge in [0.2, 0.25) is 5.91 Å². The third-order valence-electron chi connectivity index (χ3n) is 5.90. The lowest BCUT2D eigenvalue weighted by Crippen LogP contribution is -2.55. The number of alkyl halides is 3. The smallest absolute Gasteiger partial charge is 0.406 e. The molecular formula is C22H24F3N3O2. The number of benzene rings is 2. The van der Waals surface area contributed by atoms with E-state index in [4.69, 9.17) is 0 Å². The van der Waals surface area contributed by atoms with Gasteiger partial charge in [0.15, 0.2) is 0 Å². The van der Waals surface area contributed by atoms with Gasteiger partial charge in [0.05, 0.1) is 6.67 Å². The lowest BCUT2D eigenvalue weighted by Gasteiger charge is -2.42. The SMILES string of the molecule is CN1CCC2(CC1)C(=O)N(Cc1cccc(OC(F)(F)F)c1)CN2c1ccccc1. The van der Waals surface area contributed by atoms with E-state index in [2.05, 4.69) is 14.5 Å². The average molecular weight is 419 g/mol. The van der Waals surface area contributed by atoms with Crippen LogP contribution in [0.5, 0.6) is 5.75 Å². The molecule has 160 valence electrons. The largest absolute Gasteiger partial charge is 0.573 e. The molecule has 2 fully saturated rings. The van der Waals surface area contributed by atoms with E-state index in [0.717, 1.165) is 18.8 Å². The molecule has 0 atom stereocenters. The van der Waals surface area contributed by atoms with Gasteiger partial charge in [-0.1, -0.05) is 30.3 Å². The third kappa shape index (κ3) is 4.09. The number of para-hydroxylation sites is 1. The van der Waals surface area contributed by atoms with Gasteiger partial charge in [-0.2, -0.15) is 0 Å².